The SMILES string of the molecule is CN=C(NCc1ncccc1C)Nc1cccc(OCCCOC)c1.I. The summed E-state index contributed by atoms with van der Waals surface area (Å²) in [4.78, 5) is 8.63. The van der Waals surface area contributed by atoms with Crippen LogP contribution in [0.15, 0.2) is 47.6 Å². The number of anilines is 1. The summed E-state index contributed by atoms with van der Waals surface area (Å²) in [6, 6.07) is 11.8. The second-order valence-electron chi connectivity index (χ2n) is 5.54. The van der Waals surface area contributed by atoms with Crippen LogP contribution in [-0.4, -0.2) is 38.3 Å². The van der Waals surface area contributed by atoms with Crippen molar-refractivity contribution in [3.8, 4) is 5.75 Å². The van der Waals surface area contributed by atoms with Crippen molar-refractivity contribution in [2.75, 3.05) is 32.7 Å². The average molecular weight is 470 g/mol. The molecule has 0 spiro atoms. The molecule has 2 aromatic rings. The molecule has 0 aliphatic heterocycles. The van der Waals surface area contributed by atoms with E-state index in [4.69, 9.17) is 9.47 Å². The van der Waals surface area contributed by atoms with Crippen LogP contribution in [0.2, 0.25) is 0 Å². The highest BCUT2D eigenvalue weighted by Crippen LogP contribution is 2.17. The molecule has 1 heterocycles. The lowest BCUT2D eigenvalue weighted by Gasteiger charge is -2.13. The molecule has 0 fully saturated rings. The van der Waals surface area contributed by atoms with E-state index in [1.54, 1.807) is 20.4 Å². The smallest absolute Gasteiger partial charge is 0.195 e. The van der Waals surface area contributed by atoms with Crippen LogP contribution in [0.3, 0.4) is 0 Å². The monoisotopic (exact) mass is 470 g/mol. The van der Waals surface area contributed by atoms with Crippen LogP contribution < -0.4 is 15.4 Å². The number of methoxy groups -OCH3 is 1. The van der Waals surface area contributed by atoms with Crippen molar-refractivity contribution in [1.82, 2.24) is 10.3 Å². The van der Waals surface area contributed by atoms with Gasteiger partial charge in [0.15, 0.2) is 5.96 Å². The van der Waals surface area contributed by atoms with Gasteiger partial charge in [0.05, 0.1) is 18.8 Å². The van der Waals surface area contributed by atoms with Crippen LogP contribution in [0.5, 0.6) is 5.75 Å². The van der Waals surface area contributed by atoms with Gasteiger partial charge in [-0.2, -0.15) is 0 Å². The van der Waals surface area contributed by atoms with Crippen molar-refractivity contribution < 1.29 is 9.47 Å². The van der Waals surface area contributed by atoms with E-state index in [1.165, 1.54) is 0 Å². The van der Waals surface area contributed by atoms with Gasteiger partial charge in [-0.15, -0.1) is 24.0 Å². The zero-order chi connectivity index (χ0) is 17.9. The number of rotatable bonds is 8. The van der Waals surface area contributed by atoms with E-state index >= 15 is 0 Å². The van der Waals surface area contributed by atoms with E-state index in [1.807, 2.05) is 43.3 Å². The lowest BCUT2D eigenvalue weighted by atomic mass is 10.2. The third-order valence-electron chi connectivity index (χ3n) is 3.62. The maximum atomic E-state index is 5.72. The number of ether oxygens (including phenoxy) is 2. The van der Waals surface area contributed by atoms with Crippen molar-refractivity contribution in [3.63, 3.8) is 0 Å². The highest BCUT2D eigenvalue weighted by atomic mass is 127. The fourth-order valence-electron chi connectivity index (χ4n) is 2.24. The summed E-state index contributed by atoms with van der Waals surface area (Å²) in [7, 11) is 3.43. The normalized spacial score (nSPS) is 10.8. The van der Waals surface area contributed by atoms with Crippen LogP contribution in [0, 0.1) is 6.92 Å². The molecule has 6 nitrogen and oxygen atoms in total. The minimum absolute atomic E-state index is 0. The van der Waals surface area contributed by atoms with Gasteiger partial charge < -0.3 is 20.1 Å². The number of nitrogens with one attached hydrogen (secondary N) is 2. The number of hydrogen-bond acceptors (Lipinski definition) is 4. The number of benzene rings is 1. The second kappa shape index (κ2) is 12.5. The predicted octanol–water partition coefficient (Wildman–Crippen LogP) is 3.61. The summed E-state index contributed by atoms with van der Waals surface area (Å²) in [5.74, 6) is 1.50. The molecule has 26 heavy (non-hydrogen) atoms. The van der Waals surface area contributed by atoms with Gasteiger partial charge in [-0.1, -0.05) is 12.1 Å². The van der Waals surface area contributed by atoms with Gasteiger partial charge in [0.25, 0.3) is 0 Å². The first-order valence-corrected chi connectivity index (χ1v) is 8.33. The van der Waals surface area contributed by atoms with Gasteiger partial charge in [0, 0.05) is 45.1 Å². The molecule has 142 valence electrons. The molecule has 0 aliphatic carbocycles. The first-order chi connectivity index (χ1) is 12.2. The van der Waals surface area contributed by atoms with Gasteiger partial charge >= 0.3 is 0 Å². The summed E-state index contributed by atoms with van der Waals surface area (Å²) in [5.41, 5.74) is 3.06. The first-order valence-electron chi connectivity index (χ1n) is 8.33. The molecule has 0 radical (unpaired) electrons. The summed E-state index contributed by atoms with van der Waals surface area (Å²) in [6.07, 6.45) is 2.66. The van der Waals surface area contributed by atoms with Gasteiger partial charge in [-0.05, 0) is 30.7 Å². The number of aliphatic imine (C=N–C) groups is 1. The van der Waals surface area contributed by atoms with Gasteiger partial charge in [-0.3, -0.25) is 9.98 Å². The quantitative estimate of drug-likeness (QED) is 0.267. The third-order valence-corrected chi connectivity index (χ3v) is 3.62. The Kier molecular flexibility index (Phi) is 10.6. The molecule has 0 unspecified atom stereocenters. The molecule has 0 amide bonds. The Balaban J connectivity index is 0.00000338. The number of guanidine groups is 1. The van der Waals surface area contributed by atoms with Gasteiger partial charge in [0.2, 0.25) is 0 Å². The Bertz CT molecular complexity index is 695. The number of nitrogens with zero attached hydrogens (tertiary/aromatic N) is 2. The van der Waals surface area contributed by atoms with Crippen molar-refractivity contribution in [3.05, 3.63) is 53.9 Å². The van der Waals surface area contributed by atoms with E-state index in [2.05, 4.69) is 20.6 Å². The van der Waals surface area contributed by atoms with Crippen LogP contribution in [0.25, 0.3) is 0 Å². The molecule has 1 aromatic carbocycles. The Morgan fingerprint density at radius 2 is 2.04 bits per heavy atom. The molecule has 0 bridgehead atoms. The fourth-order valence-corrected chi connectivity index (χ4v) is 2.24. The molecule has 0 saturated heterocycles. The Hall–Kier alpha value is -1.87. The topological polar surface area (TPSA) is 67.8 Å². The number of aromatic nitrogens is 1. The standard InChI is InChI=1S/C19H26N4O2.HI/c1-15-7-5-10-21-18(15)14-22-19(20-2)23-16-8-4-9-17(13-16)25-12-6-11-24-3;/h4-5,7-10,13H,6,11-12,14H2,1-3H3,(H2,20,22,23);1H. The zero-order valence-electron chi connectivity index (χ0n) is 15.5. The van der Waals surface area contributed by atoms with Crippen LogP contribution in [0.4, 0.5) is 5.69 Å². The number of halogens is 1. The predicted molar refractivity (Wildman–Crippen MR) is 117 cm³/mol. The first kappa shape index (κ1) is 22.2. The molecular formula is C19H27IN4O2. The van der Waals surface area contributed by atoms with E-state index in [0.717, 1.165) is 29.1 Å². The lowest BCUT2D eigenvalue weighted by molar-refractivity contribution is 0.172. The van der Waals surface area contributed by atoms with E-state index in [-0.39, 0.29) is 24.0 Å². The zero-order valence-corrected chi connectivity index (χ0v) is 17.8. The summed E-state index contributed by atoms with van der Waals surface area (Å²) < 4.78 is 10.7. The second-order valence-corrected chi connectivity index (χ2v) is 5.54. The van der Waals surface area contributed by atoms with E-state index in [9.17, 15) is 0 Å². The molecule has 0 atom stereocenters. The number of pyridine rings is 1. The fraction of sp³-hybridized carbons (Fsp3) is 0.368. The maximum absolute atomic E-state index is 5.72. The Morgan fingerprint density at radius 1 is 1.19 bits per heavy atom. The lowest BCUT2D eigenvalue weighted by Crippen LogP contribution is -2.30. The minimum Gasteiger partial charge on any atom is -0.493 e. The maximum Gasteiger partial charge on any atom is 0.195 e. The molecule has 1 aromatic heterocycles. The van der Waals surface area contributed by atoms with Gasteiger partial charge in [-0.25, -0.2) is 0 Å². The summed E-state index contributed by atoms with van der Waals surface area (Å²) in [6.45, 7) is 3.98. The van der Waals surface area contributed by atoms with Crippen LogP contribution >= 0.6 is 24.0 Å². The Labute approximate surface area is 172 Å². The van der Waals surface area contributed by atoms with Crippen molar-refractivity contribution in [1.29, 1.82) is 0 Å². The van der Waals surface area contributed by atoms with Crippen LogP contribution in [-0.2, 0) is 11.3 Å². The van der Waals surface area contributed by atoms with Crippen molar-refractivity contribution in [2.24, 2.45) is 4.99 Å². The molecule has 2 N–H and O–H groups in total. The van der Waals surface area contributed by atoms with E-state index in [0.29, 0.717) is 25.7 Å². The van der Waals surface area contributed by atoms with Gasteiger partial charge in [0.1, 0.15) is 5.75 Å². The van der Waals surface area contributed by atoms with Crippen molar-refractivity contribution in [2.45, 2.75) is 19.9 Å². The van der Waals surface area contributed by atoms with Crippen LogP contribution in [0.1, 0.15) is 17.7 Å². The molecule has 0 saturated carbocycles. The number of hydrogen-bond donors (Lipinski definition) is 2. The minimum atomic E-state index is 0. The highest BCUT2D eigenvalue weighted by molar-refractivity contribution is 14.0. The highest BCUT2D eigenvalue weighted by Gasteiger charge is 2.03. The summed E-state index contributed by atoms with van der Waals surface area (Å²) >= 11 is 0. The van der Waals surface area contributed by atoms with E-state index < -0.39 is 0 Å². The molecular weight excluding hydrogens is 443 g/mol. The average Bonchev–Trinajstić information content (AvgIpc) is 2.64. The molecule has 0 aliphatic rings. The summed E-state index contributed by atoms with van der Waals surface area (Å²) in [5, 5.41) is 6.54. The molecule has 7 heteroatoms. The van der Waals surface area contributed by atoms with Crippen molar-refractivity contribution >= 4 is 35.6 Å². The number of aryl methyl sites for hydroxylation is 1. The third kappa shape index (κ3) is 7.57. The Morgan fingerprint density at radius 3 is 2.77 bits per heavy atom. The molecule has 2 rings (SSSR count). The largest absolute Gasteiger partial charge is 0.493 e.